The molecule has 2 N–H and O–H groups in total. The van der Waals surface area contributed by atoms with Gasteiger partial charge >= 0.3 is 17.9 Å². The molecule has 34 heavy (non-hydrogen) atoms. The van der Waals surface area contributed by atoms with Gasteiger partial charge in [-0.2, -0.15) is 0 Å². The van der Waals surface area contributed by atoms with Crippen molar-refractivity contribution < 1.29 is 38.1 Å². The van der Waals surface area contributed by atoms with E-state index in [4.69, 9.17) is 18.9 Å². The van der Waals surface area contributed by atoms with Crippen LogP contribution in [0.25, 0.3) is 9.88 Å². The van der Waals surface area contributed by atoms with Crippen LogP contribution < -0.4 is 10.6 Å². The van der Waals surface area contributed by atoms with E-state index in [2.05, 4.69) is 20.8 Å². The molecule has 0 unspecified atom stereocenters. The Balaban J connectivity index is 1.93. The molecule has 1 amide bonds. The molecule has 0 bridgehead atoms. The van der Waals surface area contributed by atoms with Crippen molar-refractivity contribution in [2.45, 2.75) is 58.3 Å². The lowest BCUT2D eigenvalue weighted by atomic mass is 9.95. The number of carbonyl (C=O) groups excluding carboxylic acids is 4. The number of nitrogens with one attached hydrogen (secondary N) is 2. The first-order valence-corrected chi connectivity index (χ1v) is 11.9. The number of thiophene rings is 1. The van der Waals surface area contributed by atoms with E-state index in [1.54, 1.807) is 0 Å². The van der Waals surface area contributed by atoms with Crippen LogP contribution in [0, 0.1) is 0 Å². The highest BCUT2D eigenvalue weighted by Crippen LogP contribution is 2.32. The van der Waals surface area contributed by atoms with Crippen LogP contribution in [0.1, 0.15) is 27.7 Å². The van der Waals surface area contributed by atoms with Crippen molar-refractivity contribution in [3.8, 4) is 9.88 Å². The van der Waals surface area contributed by atoms with Crippen LogP contribution in [0.4, 0.5) is 5.13 Å². The number of rotatable bonds is 8. The zero-order chi connectivity index (χ0) is 24.8. The van der Waals surface area contributed by atoms with Crippen LogP contribution in [-0.2, 0) is 38.1 Å². The van der Waals surface area contributed by atoms with Crippen molar-refractivity contribution in [3.63, 3.8) is 0 Å². The lowest BCUT2D eigenvalue weighted by Crippen LogP contribution is -2.67. The smallest absolute Gasteiger partial charge is 0.303 e. The third-order valence-corrected chi connectivity index (χ3v) is 6.43. The van der Waals surface area contributed by atoms with Crippen LogP contribution in [0.5, 0.6) is 0 Å². The average molecular weight is 513 g/mol. The van der Waals surface area contributed by atoms with Gasteiger partial charge in [0, 0.05) is 27.7 Å². The number of amides is 1. The first kappa shape index (κ1) is 25.5. The van der Waals surface area contributed by atoms with Crippen molar-refractivity contribution >= 4 is 51.6 Å². The molecule has 0 aromatic carbocycles. The fraction of sp³-hybridized carbons (Fsp3) is 0.500. The number of hydrogen-bond donors (Lipinski definition) is 2. The number of carbonyl (C=O) groups is 4. The maximum absolute atomic E-state index is 12.0. The van der Waals surface area contributed by atoms with Crippen molar-refractivity contribution in [1.82, 2.24) is 15.5 Å². The van der Waals surface area contributed by atoms with Gasteiger partial charge in [0.05, 0.1) is 4.88 Å². The average Bonchev–Trinajstić information content (AvgIpc) is 3.41. The molecule has 5 atom stereocenters. The molecule has 14 heteroatoms. The van der Waals surface area contributed by atoms with Crippen molar-refractivity contribution in [3.05, 3.63) is 17.5 Å². The summed E-state index contributed by atoms with van der Waals surface area (Å²) in [5, 5.41) is 17.0. The molecule has 1 saturated heterocycles. The highest BCUT2D eigenvalue weighted by Gasteiger charge is 2.51. The molecule has 3 rings (SSSR count). The number of nitrogens with zero attached hydrogens (tertiary/aromatic N) is 2. The summed E-state index contributed by atoms with van der Waals surface area (Å²) in [5.74, 6) is -2.35. The first-order valence-electron chi connectivity index (χ1n) is 10.2. The molecule has 1 aliphatic rings. The number of esters is 3. The molecule has 2 aromatic rings. The highest BCUT2D eigenvalue weighted by molar-refractivity contribution is 7.22. The van der Waals surface area contributed by atoms with E-state index in [9.17, 15) is 19.2 Å². The predicted octanol–water partition coefficient (Wildman–Crippen LogP) is 1.33. The van der Waals surface area contributed by atoms with Gasteiger partial charge in [-0.1, -0.05) is 17.4 Å². The largest absolute Gasteiger partial charge is 0.463 e. The fourth-order valence-electron chi connectivity index (χ4n) is 3.36. The normalized spacial score (nSPS) is 24.1. The monoisotopic (exact) mass is 512 g/mol. The quantitative estimate of drug-likeness (QED) is 0.389. The topological polar surface area (TPSA) is 155 Å². The van der Waals surface area contributed by atoms with Gasteiger partial charge < -0.3 is 29.6 Å². The van der Waals surface area contributed by atoms with Crippen LogP contribution in [-0.4, -0.2) is 71.2 Å². The number of aromatic nitrogens is 2. The molecule has 2 aromatic heterocycles. The van der Waals surface area contributed by atoms with E-state index >= 15 is 0 Å². The molecular weight excluding hydrogens is 488 g/mol. The first-order chi connectivity index (χ1) is 16.1. The van der Waals surface area contributed by atoms with Gasteiger partial charge in [-0.3, -0.25) is 19.2 Å². The van der Waals surface area contributed by atoms with E-state index in [1.807, 2.05) is 17.5 Å². The standard InChI is InChI=1S/C20H24N4O8S2/c1-9(25)21-15-17(31-12(4)28)16(30-11(3)27)13(8-29-10(2)26)32-18(15)22-20-24-23-19(34-20)14-6-5-7-33-14/h5-7,13,15-18H,8H2,1-4H3,(H,21,25)(H,22,24)/t13-,15-,16-,17-,18-/m1/s1. The van der Waals surface area contributed by atoms with Gasteiger partial charge in [-0.15, -0.1) is 21.5 Å². The molecular formula is C20H24N4O8S2. The van der Waals surface area contributed by atoms with E-state index in [0.717, 1.165) is 4.88 Å². The molecule has 0 radical (unpaired) electrons. The number of hydrogen-bond acceptors (Lipinski definition) is 13. The van der Waals surface area contributed by atoms with E-state index in [-0.39, 0.29) is 6.61 Å². The summed E-state index contributed by atoms with van der Waals surface area (Å²) in [6, 6.07) is 2.82. The molecule has 0 aliphatic carbocycles. The third-order valence-electron chi connectivity index (χ3n) is 4.54. The highest BCUT2D eigenvalue weighted by atomic mass is 32.1. The summed E-state index contributed by atoms with van der Waals surface area (Å²) in [6.07, 6.45) is -4.32. The second-order valence-electron chi connectivity index (χ2n) is 7.31. The van der Waals surface area contributed by atoms with Gasteiger partial charge in [0.15, 0.2) is 23.4 Å². The van der Waals surface area contributed by atoms with Crippen LogP contribution in [0.3, 0.4) is 0 Å². The SMILES string of the molecule is CC(=O)N[C@@H]1[C@@H](OC(C)=O)[C@H](OC(C)=O)[C@@H](COC(C)=O)O[C@H]1Nc1nnc(-c2cccs2)s1. The van der Waals surface area contributed by atoms with Gasteiger partial charge in [0.25, 0.3) is 0 Å². The number of ether oxygens (including phenoxy) is 4. The molecule has 0 spiro atoms. The van der Waals surface area contributed by atoms with Crippen LogP contribution >= 0.6 is 22.7 Å². The van der Waals surface area contributed by atoms with Gasteiger partial charge in [-0.25, -0.2) is 0 Å². The second-order valence-corrected chi connectivity index (χ2v) is 9.23. The molecule has 3 heterocycles. The Hall–Kier alpha value is -3.10. The summed E-state index contributed by atoms with van der Waals surface area (Å²) in [4.78, 5) is 48.0. The zero-order valence-electron chi connectivity index (χ0n) is 18.8. The lowest BCUT2D eigenvalue weighted by Gasteiger charge is -2.45. The Morgan fingerprint density at radius 3 is 2.32 bits per heavy atom. The minimum atomic E-state index is -1.16. The molecule has 1 fully saturated rings. The van der Waals surface area contributed by atoms with Crippen molar-refractivity contribution in [2.24, 2.45) is 0 Å². The van der Waals surface area contributed by atoms with E-state index in [0.29, 0.717) is 10.1 Å². The Bertz CT molecular complexity index is 1030. The van der Waals surface area contributed by atoms with Crippen molar-refractivity contribution in [2.75, 3.05) is 11.9 Å². The summed E-state index contributed by atoms with van der Waals surface area (Å²) in [5.41, 5.74) is 0. The summed E-state index contributed by atoms with van der Waals surface area (Å²) < 4.78 is 22.0. The van der Waals surface area contributed by atoms with Crippen LogP contribution in [0.2, 0.25) is 0 Å². The fourth-order valence-corrected chi connectivity index (χ4v) is 4.92. The maximum atomic E-state index is 12.0. The van der Waals surface area contributed by atoms with Crippen molar-refractivity contribution in [1.29, 1.82) is 0 Å². The maximum Gasteiger partial charge on any atom is 0.303 e. The molecule has 0 saturated carbocycles. The zero-order valence-corrected chi connectivity index (χ0v) is 20.4. The molecule has 12 nitrogen and oxygen atoms in total. The van der Waals surface area contributed by atoms with E-state index in [1.165, 1.54) is 50.4 Å². The Labute approximate surface area is 202 Å². The third kappa shape index (κ3) is 6.71. The molecule has 184 valence electrons. The Morgan fingerprint density at radius 1 is 1.03 bits per heavy atom. The van der Waals surface area contributed by atoms with Gasteiger partial charge in [-0.05, 0) is 11.4 Å². The molecule has 1 aliphatic heterocycles. The summed E-state index contributed by atoms with van der Waals surface area (Å²) >= 11 is 2.76. The predicted molar refractivity (Wildman–Crippen MR) is 121 cm³/mol. The van der Waals surface area contributed by atoms with Gasteiger partial charge in [0.2, 0.25) is 11.0 Å². The minimum Gasteiger partial charge on any atom is -0.463 e. The van der Waals surface area contributed by atoms with E-state index < -0.39 is 54.4 Å². The Morgan fingerprint density at radius 2 is 1.74 bits per heavy atom. The second kappa shape index (κ2) is 11.4. The summed E-state index contributed by atoms with van der Waals surface area (Å²) in [7, 11) is 0. The van der Waals surface area contributed by atoms with Crippen LogP contribution in [0.15, 0.2) is 17.5 Å². The number of anilines is 1. The van der Waals surface area contributed by atoms with Gasteiger partial charge in [0.1, 0.15) is 18.8 Å². The summed E-state index contributed by atoms with van der Waals surface area (Å²) in [6.45, 7) is 4.59. The minimum absolute atomic E-state index is 0.285. The Kier molecular flexibility index (Phi) is 8.52. The lowest BCUT2D eigenvalue weighted by molar-refractivity contribution is -0.219.